The predicted molar refractivity (Wildman–Crippen MR) is 84.9 cm³/mol. The van der Waals surface area contributed by atoms with Gasteiger partial charge in [0.05, 0.1) is 4.92 Å². The number of hydrogen-bond acceptors (Lipinski definition) is 5. The van der Waals surface area contributed by atoms with Crippen molar-refractivity contribution in [2.24, 2.45) is 0 Å². The molecular formula is C15H14N2O3S. The maximum absolute atomic E-state index is 11.9. The summed E-state index contributed by atoms with van der Waals surface area (Å²) in [6, 6.07) is 6.11. The minimum Gasteiger partial charge on any atom is -0.370 e. The molecule has 1 aromatic carbocycles. The van der Waals surface area contributed by atoms with Crippen molar-refractivity contribution in [1.82, 2.24) is 5.32 Å². The lowest BCUT2D eigenvalue weighted by Gasteiger charge is -2.29. The number of ketones is 1. The van der Waals surface area contributed by atoms with Crippen LogP contribution < -0.4 is 5.32 Å². The van der Waals surface area contributed by atoms with E-state index in [2.05, 4.69) is 17.9 Å². The number of rotatable bonds is 4. The molecule has 1 atom stereocenters. The van der Waals surface area contributed by atoms with Gasteiger partial charge in [-0.25, -0.2) is 0 Å². The molecule has 0 aliphatic carbocycles. The number of thiol groups is 1. The van der Waals surface area contributed by atoms with Crippen LogP contribution in [0.15, 0.2) is 54.3 Å². The Morgan fingerprint density at radius 2 is 2.19 bits per heavy atom. The summed E-state index contributed by atoms with van der Waals surface area (Å²) < 4.78 is 0. The first-order valence-electron chi connectivity index (χ1n) is 6.24. The number of nitro benzene ring substituents is 1. The number of Topliss-reactive ketones (excluding diaryl/α,β-unsaturated/α-hetero) is 1. The third-order valence-corrected chi connectivity index (χ3v) is 3.55. The van der Waals surface area contributed by atoms with Crippen LogP contribution >= 0.6 is 12.6 Å². The summed E-state index contributed by atoms with van der Waals surface area (Å²) in [5.74, 6) is -0.163. The van der Waals surface area contributed by atoms with Crippen LogP contribution in [0.2, 0.25) is 0 Å². The first-order valence-corrected chi connectivity index (χ1v) is 6.69. The van der Waals surface area contributed by atoms with Crippen LogP contribution in [0.5, 0.6) is 0 Å². The summed E-state index contributed by atoms with van der Waals surface area (Å²) in [7, 11) is 0. The summed E-state index contributed by atoms with van der Waals surface area (Å²) in [5, 5.41) is 13.8. The molecule has 108 valence electrons. The number of allylic oxidation sites excluding steroid dienone is 2. The van der Waals surface area contributed by atoms with E-state index in [9.17, 15) is 14.9 Å². The van der Waals surface area contributed by atoms with E-state index in [1.165, 1.54) is 19.1 Å². The van der Waals surface area contributed by atoms with E-state index in [0.717, 1.165) is 0 Å². The molecule has 0 spiro atoms. The molecule has 6 heteroatoms. The fourth-order valence-corrected chi connectivity index (χ4v) is 2.40. The molecule has 0 amide bonds. The van der Waals surface area contributed by atoms with Crippen LogP contribution in [-0.4, -0.2) is 15.6 Å². The normalized spacial score (nSPS) is 21.0. The van der Waals surface area contributed by atoms with Crippen LogP contribution in [0.3, 0.4) is 0 Å². The van der Waals surface area contributed by atoms with E-state index < -0.39 is 9.79 Å². The highest BCUT2D eigenvalue weighted by molar-refractivity contribution is 7.82. The van der Waals surface area contributed by atoms with Gasteiger partial charge in [0.25, 0.3) is 5.69 Å². The molecule has 1 aromatic rings. The van der Waals surface area contributed by atoms with Gasteiger partial charge in [0.15, 0.2) is 5.78 Å². The number of carbonyl (C=O) groups is 1. The van der Waals surface area contributed by atoms with E-state index >= 15 is 0 Å². The Morgan fingerprint density at radius 1 is 1.43 bits per heavy atom. The van der Waals surface area contributed by atoms with Gasteiger partial charge in [-0.15, -0.1) is 12.6 Å². The molecule has 21 heavy (non-hydrogen) atoms. The number of benzene rings is 1. The lowest BCUT2D eigenvalue weighted by molar-refractivity contribution is -0.384. The zero-order valence-electron chi connectivity index (χ0n) is 11.3. The van der Waals surface area contributed by atoms with E-state index in [1.54, 1.807) is 42.6 Å². The summed E-state index contributed by atoms with van der Waals surface area (Å²) in [6.45, 7) is 1.44. The highest BCUT2D eigenvalue weighted by atomic mass is 32.1. The summed E-state index contributed by atoms with van der Waals surface area (Å²) in [6.07, 6.45) is 8.63. The van der Waals surface area contributed by atoms with Gasteiger partial charge in [0.1, 0.15) is 4.87 Å². The molecule has 1 aliphatic rings. The number of non-ortho nitro benzene ring substituents is 1. The molecule has 0 aromatic heterocycles. The molecule has 0 saturated carbocycles. The smallest absolute Gasteiger partial charge is 0.270 e. The molecular weight excluding hydrogens is 288 g/mol. The van der Waals surface area contributed by atoms with Crippen molar-refractivity contribution in [3.05, 3.63) is 69.9 Å². The van der Waals surface area contributed by atoms with Gasteiger partial charge in [0, 0.05) is 17.7 Å². The lowest BCUT2D eigenvalue weighted by Crippen LogP contribution is -2.39. The first kappa shape index (κ1) is 15.1. The van der Waals surface area contributed by atoms with Crippen LogP contribution in [-0.2, 0) is 4.79 Å². The fraction of sp³-hybridized carbons (Fsp3) is 0.133. The zero-order chi connectivity index (χ0) is 15.5. The second-order valence-corrected chi connectivity index (χ2v) is 5.30. The molecule has 2 rings (SSSR count). The molecule has 0 saturated heterocycles. The lowest BCUT2D eigenvalue weighted by atomic mass is 9.97. The number of hydrogen-bond donors (Lipinski definition) is 2. The van der Waals surface area contributed by atoms with Crippen molar-refractivity contribution >= 4 is 30.2 Å². The average Bonchev–Trinajstić information content (AvgIpc) is 2.45. The van der Waals surface area contributed by atoms with Gasteiger partial charge in [-0.3, -0.25) is 14.9 Å². The minimum atomic E-state index is -0.925. The van der Waals surface area contributed by atoms with Crippen molar-refractivity contribution in [2.75, 3.05) is 0 Å². The Bertz CT molecular complexity index is 679. The minimum absolute atomic E-state index is 0.0214. The molecule has 1 aliphatic heterocycles. The van der Waals surface area contributed by atoms with Gasteiger partial charge >= 0.3 is 0 Å². The Kier molecular flexibility index (Phi) is 4.28. The van der Waals surface area contributed by atoms with Crippen molar-refractivity contribution in [1.29, 1.82) is 0 Å². The Morgan fingerprint density at radius 3 is 2.76 bits per heavy atom. The number of dihydropyridines is 1. The van der Waals surface area contributed by atoms with Crippen molar-refractivity contribution in [2.45, 2.75) is 11.8 Å². The van der Waals surface area contributed by atoms with E-state index in [-0.39, 0.29) is 11.5 Å². The van der Waals surface area contributed by atoms with E-state index in [4.69, 9.17) is 0 Å². The predicted octanol–water partition coefficient (Wildman–Crippen LogP) is 2.87. The quantitative estimate of drug-likeness (QED) is 0.388. The van der Waals surface area contributed by atoms with Crippen molar-refractivity contribution in [3.63, 3.8) is 0 Å². The van der Waals surface area contributed by atoms with Gasteiger partial charge in [-0.05, 0) is 36.9 Å². The maximum atomic E-state index is 11.9. The van der Waals surface area contributed by atoms with Gasteiger partial charge in [-0.2, -0.15) is 0 Å². The van der Waals surface area contributed by atoms with E-state index in [0.29, 0.717) is 11.1 Å². The van der Waals surface area contributed by atoms with Crippen LogP contribution in [0, 0.1) is 10.1 Å². The topological polar surface area (TPSA) is 72.2 Å². The van der Waals surface area contributed by atoms with Crippen LogP contribution in [0.4, 0.5) is 5.69 Å². The largest absolute Gasteiger partial charge is 0.370 e. The number of nitro groups is 1. The first-order chi connectivity index (χ1) is 9.92. The molecule has 5 nitrogen and oxygen atoms in total. The number of carbonyl (C=O) groups excluding carboxylic acids is 1. The third-order valence-electron chi connectivity index (χ3n) is 3.03. The van der Waals surface area contributed by atoms with Gasteiger partial charge in [0.2, 0.25) is 0 Å². The van der Waals surface area contributed by atoms with E-state index in [1.807, 2.05) is 0 Å². The average molecular weight is 302 g/mol. The highest BCUT2D eigenvalue weighted by Crippen LogP contribution is 2.29. The number of nitrogens with one attached hydrogen (secondary N) is 1. The monoisotopic (exact) mass is 302 g/mol. The maximum Gasteiger partial charge on any atom is 0.270 e. The van der Waals surface area contributed by atoms with Crippen molar-refractivity contribution in [3.8, 4) is 0 Å². The molecule has 0 fully saturated rings. The summed E-state index contributed by atoms with van der Waals surface area (Å²) in [5.41, 5.74) is 0.964. The van der Waals surface area contributed by atoms with Crippen LogP contribution in [0.25, 0.3) is 6.08 Å². The molecule has 1 heterocycles. The van der Waals surface area contributed by atoms with Crippen LogP contribution in [0.1, 0.15) is 12.5 Å². The second-order valence-electron chi connectivity index (χ2n) is 4.60. The van der Waals surface area contributed by atoms with Gasteiger partial charge in [-0.1, -0.05) is 18.2 Å². The molecule has 1 N–H and O–H groups in total. The second kappa shape index (κ2) is 5.97. The molecule has 1 unspecified atom stereocenters. The standard InChI is InChI=1S/C15H14N2O3S/c1-11(18)14(15(21)7-2-3-8-16-15)10-12-5-4-6-13(9-12)17(19)20/h2-10,16,21H,1H3/b14-10+. The zero-order valence-corrected chi connectivity index (χ0v) is 12.2. The van der Waals surface area contributed by atoms with Gasteiger partial charge < -0.3 is 5.32 Å². The summed E-state index contributed by atoms with van der Waals surface area (Å²) in [4.78, 5) is 21.3. The molecule has 0 radical (unpaired) electrons. The fourth-order valence-electron chi connectivity index (χ4n) is 2.02. The SMILES string of the molecule is CC(=O)/C(=C\c1cccc([N+](=O)[O-])c1)C1(S)C=CC=CN1. The Labute approximate surface area is 127 Å². The molecule has 0 bridgehead atoms. The number of nitrogens with zero attached hydrogens (tertiary/aromatic N) is 1. The third kappa shape index (κ3) is 3.41. The highest BCUT2D eigenvalue weighted by Gasteiger charge is 2.30. The Balaban J connectivity index is 2.45. The Hall–Kier alpha value is -2.34. The van der Waals surface area contributed by atoms with Crippen molar-refractivity contribution < 1.29 is 9.72 Å². The summed E-state index contributed by atoms with van der Waals surface area (Å²) >= 11 is 4.51.